The van der Waals surface area contributed by atoms with Crippen LogP contribution in [-0.4, -0.2) is 36.4 Å². The Labute approximate surface area is 125 Å². The Hall–Kier alpha value is -1.65. The number of rotatable bonds is 5. The van der Waals surface area contributed by atoms with Gasteiger partial charge in [-0.2, -0.15) is 0 Å². The molecule has 1 unspecified atom stereocenters. The summed E-state index contributed by atoms with van der Waals surface area (Å²) in [7, 11) is 2.10. The lowest BCUT2D eigenvalue weighted by Crippen LogP contribution is -2.32. The molecule has 3 rings (SSSR count). The molecule has 2 aromatic rings. The molecule has 1 aromatic heterocycles. The molecular formula is C17H22N2O2. The first-order valence-electron chi connectivity index (χ1n) is 7.62. The highest BCUT2D eigenvalue weighted by molar-refractivity contribution is 5.58. The minimum Gasteiger partial charge on any atom is -0.377 e. The lowest BCUT2D eigenvalue weighted by Gasteiger charge is -2.26. The molecule has 4 nitrogen and oxygen atoms in total. The van der Waals surface area contributed by atoms with Crippen LogP contribution in [0.2, 0.25) is 0 Å². The van der Waals surface area contributed by atoms with Gasteiger partial charge in [0.15, 0.2) is 5.76 Å². The van der Waals surface area contributed by atoms with Crippen molar-refractivity contribution in [3.05, 3.63) is 42.2 Å². The summed E-state index contributed by atoms with van der Waals surface area (Å²) >= 11 is 0. The molecule has 1 saturated heterocycles. The maximum absolute atomic E-state index is 5.77. The third-order valence-electron chi connectivity index (χ3n) is 3.84. The van der Waals surface area contributed by atoms with Crippen LogP contribution in [0.15, 0.2) is 40.9 Å². The SMILES string of the molecule is CN(Cc1cc(-c2ccccc2)no1)CC1CCCCO1. The summed E-state index contributed by atoms with van der Waals surface area (Å²) in [6.07, 6.45) is 4.00. The van der Waals surface area contributed by atoms with Gasteiger partial charge in [0.1, 0.15) is 5.69 Å². The van der Waals surface area contributed by atoms with Crippen molar-refractivity contribution in [1.82, 2.24) is 10.1 Å². The first-order valence-corrected chi connectivity index (χ1v) is 7.62. The van der Waals surface area contributed by atoms with Gasteiger partial charge in [-0.05, 0) is 26.3 Å². The van der Waals surface area contributed by atoms with Gasteiger partial charge in [-0.25, -0.2) is 0 Å². The van der Waals surface area contributed by atoms with E-state index in [2.05, 4.69) is 17.1 Å². The smallest absolute Gasteiger partial charge is 0.151 e. The maximum Gasteiger partial charge on any atom is 0.151 e. The fourth-order valence-electron chi connectivity index (χ4n) is 2.76. The number of aromatic nitrogens is 1. The minimum atomic E-state index is 0.361. The zero-order valence-corrected chi connectivity index (χ0v) is 12.5. The zero-order valence-electron chi connectivity index (χ0n) is 12.5. The van der Waals surface area contributed by atoms with Crippen LogP contribution in [0.3, 0.4) is 0 Å². The van der Waals surface area contributed by atoms with Gasteiger partial charge in [0.05, 0.1) is 12.6 Å². The first-order chi connectivity index (χ1) is 10.3. The molecule has 0 N–H and O–H groups in total. The number of likely N-dealkylation sites (N-methyl/N-ethyl adjacent to an activating group) is 1. The molecule has 0 bridgehead atoms. The predicted molar refractivity (Wildman–Crippen MR) is 81.9 cm³/mol. The molecule has 1 fully saturated rings. The summed E-state index contributed by atoms with van der Waals surface area (Å²) in [5, 5.41) is 4.15. The van der Waals surface area contributed by atoms with E-state index >= 15 is 0 Å². The van der Waals surface area contributed by atoms with E-state index in [9.17, 15) is 0 Å². The van der Waals surface area contributed by atoms with E-state index < -0.39 is 0 Å². The maximum atomic E-state index is 5.77. The van der Waals surface area contributed by atoms with E-state index in [4.69, 9.17) is 9.26 Å². The van der Waals surface area contributed by atoms with Crippen molar-refractivity contribution in [2.24, 2.45) is 0 Å². The minimum absolute atomic E-state index is 0.361. The molecule has 0 aliphatic carbocycles. The van der Waals surface area contributed by atoms with E-state index in [-0.39, 0.29) is 0 Å². The fourth-order valence-corrected chi connectivity index (χ4v) is 2.76. The van der Waals surface area contributed by atoms with Crippen LogP contribution in [0, 0.1) is 0 Å². The van der Waals surface area contributed by atoms with Gasteiger partial charge in [-0.1, -0.05) is 35.5 Å². The van der Waals surface area contributed by atoms with E-state index in [1.807, 2.05) is 36.4 Å². The zero-order chi connectivity index (χ0) is 14.5. The van der Waals surface area contributed by atoms with Gasteiger partial charge in [-0.3, -0.25) is 4.90 Å². The van der Waals surface area contributed by atoms with Gasteiger partial charge in [-0.15, -0.1) is 0 Å². The lowest BCUT2D eigenvalue weighted by atomic mass is 10.1. The highest BCUT2D eigenvalue weighted by Gasteiger charge is 2.17. The number of benzene rings is 1. The van der Waals surface area contributed by atoms with Gasteiger partial charge < -0.3 is 9.26 Å². The molecule has 112 valence electrons. The van der Waals surface area contributed by atoms with Crippen molar-refractivity contribution < 1.29 is 9.26 Å². The average molecular weight is 286 g/mol. The van der Waals surface area contributed by atoms with Crippen molar-refractivity contribution in [3.8, 4) is 11.3 Å². The van der Waals surface area contributed by atoms with Crippen LogP contribution in [0.25, 0.3) is 11.3 Å². The molecule has 1 aliphatic heterocycles. The van der Waals surface area contributed by atoms with Crippen molar-refractivity contribution in [2.45, 2.75) is 31.9 Å². The molecule has 21 heavy (non-hydrogen) atoms. The Balaban J connectivity index is 1.56. The summed E-state index contributed by atoms with van der Waals surface area (Å²) in [6, 6.07) is 12.1. The number of ether oxygens (including phenoxy) is 1. The van der Waals surface area contributed by atoms with Crippen molar-refractivity contribution >= 4 is 0 Å². The Morgan fingerprint density at radius 2 is 2.10 bits per heavy atom. The fraction of sp³-hybridized carbons (Fsp3) is 0.471. The molecule has 0 radical (unpaired) electrons. The normalized spacial score (nSPS) is 19.0. The van der Waals surface area contributed by atoms with E-state index in [1.54, 1.807) is 0 Å². The molecule has 0 spiro atoms. The average Bonchev–Trinajstić information content (AvgIpc) is 2.97. The van der Waals surface area contributed by atoms with Crippen molar-refractivity contribution in [3.63, 3.8) is 0 Å². The van der Waals surface area contributed by atoms with E-state index in [0.717, 1.165) is 43.1 Å². The number of nitrogens with zero attached hydrogens (tertiary/aromatic N) is 2. The molecule has 1 aliphatic rings. The molecule has 0 amide bonds. The third kappa shape index (κ3) is 3.93. The Bertz CT molecular complexity index is 547. The molecule has 4 heteroatoms. The Morgan fingerprint density at radius 3 is 2.86 bits per heavy atom. The lowest BCUT2D eigenvalue weighted by molar-refractivity contribution is -0.00359. The standard InChI is InChI=1S/C17H22N2O2/c1-19(12-15-9-5-6-10-20-15)13-16-11-17(18-21-16)14-7-3-2-4-8-14/h2-4,7-8,11,15H,5-6,9-10,12-13H2,1H3. The van der Waals surface area contributed by atoms with Crippen LogP contribution in [0.5, 0.6) is 0 Å². The van der Waals surface area contributed by atoms with Crippen molar-refractivity contribution in [1.29, 1.82) is 0 Å². The second-order valence-electron chi connectivity index (χ2n) is 5.73. The number of hydrogen-bond acceptors (Lipinski definition) is 4. The monoisotopic (exact) mass is 286 g/mol. The van der Waals surface area contributed by atoms with Crippen LogP contribution in [0.1, 0.15) is 25.0 Å². The van der Waals surface area contributed by atoms with Crippen LogP contribution in [-0.2, 0) is 11.3 Å². The highest BCUT2D eigenvalue weighted by Crippen LogP contribution is 2.20. The van der Waals surface area contributed by atoms with Gasteiger partial charge in [0, 0.05) is 24.8 Å². The second kappa shape index (κ2) is 6.87. The summed E-state index contributed by atoms with van der Waals surface area (Å²) in [6.45, 7) is 2.61. The third-order valence-corrected chi connectivity index (χ3v) is 3.84. The Kier molecular flexibility index (Phi) is 4.68. The molecule has 1 aromatic carbocycles. The van der Waals surface area contributed by atoms with Crippen LogP contribution >= 0.6 is 0 Å². The van der Waals surface area contributed by atoms with Crippen LogP contribution in [0.4, 0.5) is 0 Å². The first kappa shape index (κ1) is 14.3. The van der Waals surface area contributed by atoms with Crippen molar-refractivity contribution in [2.75, 3.05) is 20.2 Å². The summed E-state index contributed by atoms with van der Waals surface area (Å²) in [4.78, 5) is 2.24. The summed E-state index contributed by atoms with van der Waals surface area (Å²) in [5.74, 6) is 0.896. The van der Waals surface area contributed by atoms with E-state index in [0.29, 0.717) is 6.10 Å². The quantitative estimate of drug-likeness (QED) is 0.845. The molecular weight excluding hydrogens is 264 g/mol. The van der Waals surface area contributed by atoms with Gasteiger partial charge in [0.2, 0.25) is 0 Å². The van der Waals surface area contributed by atoms with E-state index in [1.165, 1.54) is 12.8 Å². The summed E-state index contributed by atoms with van der Waals surface area (Å²) in [5.41, 5.74) is 1.98. The van der Waals surface area contributed by atoms with Gasteiger partial charge >= 0.3 is 0 Å². The van der Waals surface area contributed by atoms with Crippen LogP contribution < -0.4 is 0 Å². The predicted octanol–water partition coefficient (Wildman–Crippen LogP) is 3.34. The Morgan fingerprint density at radius 1 is 1.24 bits per heavy atom. The van der Waals surface area contributed by atoms with Gasteiger partial charge in [0.25, 0.3) is 0 Å². The highest BCUT2D eigenvalue weighted by atomic mass is 16.5. The second-order valence-corrected chi connectivity index (χ2v) is 5.73. The molecule has 2 heterocycles. The molecule has 0 saturated carbocycles. The number of hydrogen-bond donors (Lipinski definition) is 0. The topological polar surface area (TPSA) is 38.5 Å². The largest absolute Gasteiger partial charge is 0.377 e. The summed E-state index contributed by atoms with van der Waals surface area (Å²) < 4.78 is 11.2. The molecule has 1 atom stereocenters.